The summed E-state index contributed by atoms with van der Waals surface area (Å²) in [7, 11) is 0. The van der Waals surface area contributed by atoms with Gasteiger partial charge in [0.2, 0.25) is 0 Å². The maximum atomic E-state index is 12.1. The maximum Gasteiger partial charge on any atom is 0.354 e. The molecule has 0 fully saturated rings. The molecule has 1 N–H and O–H groups in total. The Hall–Kier alpha value is -2.69. The van der Waals surface area contributed by atoms with Crippen LogP contribution in [0, 0.1) is 0 Å². The second kappa shape index (κ2) is 4.77. The summed E-state index contributed by atoms with van der Waals surface area (Å²) in [5.74, 6) is -0.620. The molecule has 5 heteroatoms. The normalized spacial score (nSPS) is 17.2. The van der Waals surface area contributed by atoms with E-state index in [0.717, 1.165) is 0 Å². The van der Waals surface area contributed by atoms with Gasteiger partial charge in [0.15, 0.2) is 5.78 Å². The summed E-state index contributed by atoms with van der Waals surface area (Å²) in [6, 6.07) is 11.7. The second-order valence-corrected chi connectivity index (χ2v) is 4.48. The van der Waals surface area contributed by atoms with Crippen LogP contribution in [0.25, 0.3) is 0 Å². The van der Waals surface area contributed by atoms with E-state index < -0.39 is 12.1 Å². The molecule has 3 rings (SSSR count). The highest BCUT2D eigenvalue weighted by atomic mass is 16.5. The number of pyridine rings is 1. The summed E-state index contributed by atoms with van der Waals surface area (Å²) in [4.78, 5) is 27.0. The molecule has 0 amide bonds. The number of carboxylic acid groups (broad SMARTS) is 1. The SMILES string of the molecule is O=C(O)c1cccc(C2CC(=O)c3ccccc3O2)n1. The lowest BCUT2D eigenvalue weighted by Crippen LogP contribution is -2.21. The molecular formula is C15H11NO4. The van der Waals surface area contributed by atoms with Crippen LogP contribution in [0.2, 0.25) is 0 Å². The minimum absolute atomic E-state index is 0.0284. The zero-order chi connectivity index (χ0) is 14.1. The largest absolute Gasteiger partial charge is 0.483 e. The lowest BCUT2D eigenvalue weighted by Gasteiger charge is -2.24. The summed E-state index contributed by atoms with van der Waals surface area (Å²) in [5, 5.41) is 8.95. The van der Waals surface area contributed by atoms with Gasteiger partial charge in [-0.3, -0.25) is 4.79 Å². The molecule has 2 aromatic rings. The van der Waals surface area contributed by atoms with Crippen LogP contribution in [0.15, 0.2) is 42.5 Å². The van der Waals surface area contributed by atoms with Crippen LogP contribution in [-0.4, -0.2) is 21.8 Å². The number of carbonyl (C=O) groups is 2. The first-order valence-corrected chi connectivity index (χ1v) is 6.14. The maximum absolute atomic E-state index is 12.1. The molecule has 100 valence electrons. The summed E-state index contributed by atoms with van der Waals surface area (Å²) in [5.41, 5.74) is 0.947. The molecule has 20 heavy (non-hydrogen) atoms. The predicted molar refractivity (Wildman–Crippen MR) is 70.0 cm³/mol. The number of Topliss-reactive ketones (excluding diaryl/α,β-unsaturated/α-hetero) is 1. The van der Waals surface area contributed by atoms with Gasteiger partial charge in [0.25, 0.3) is 0 Å². The number of aromatic carboxylic acids is 1. The summed E-state index contributed by atoms with van der Waals surface area (Å²) < 4.78 is 5.75. The highest BCUT2D eigenvalue weighted by molar-refractivity contribution is 5.99. The number of ether oxygens (including phenoxy) is 1. The molecule has 2 heterocycles. The van der Waals surface area contributed by atoms with Crippen molar-refractivity contribution < 1.29 is 19.4 Å². The van der Waals surface area contributed by atoms with Crippen LogP contribution in [0.3, 0.4) is 0 Å². The van der Waals surface area contributed by atoms with Gasteiger partial charge < -0.3 is 9.84 Å². The quantitative estimate of drug-likeness (QED) is 0.906. The molecular weight excluding hydrogens is 258 g/mol. The zero-order valence-electron chi connectivity index (χ0n) is 10.4. The monoisotopic (exact) mass is 269 g/mol. The number of fused-ring (bicyclic) bond motifs is 1. The lowest BCUT2D eigenvalue weighted by atomic mass is 9.99. The van der Waals surface area contributed by atoms with Crippen LogP contribution < -0.4 is 4.74 Å². The van der Waals surface area contributed by atoms with Gasteiger partial charge in [-0.1, -0.05) is 18.2 Å². The molecule has 1 aliphatic heterocycles. The number of para-hydroxylation sites is 1. The number of hydrogen-bond acceptors (Lipinski definition) is 4. The Bertz CT molecular complexity index is 696. The first-order chi connectivity index (χ1) is 9.65. The Balaban J connectivity index is 1.95. The van der Waals surface area contributed by atoms with E-state index in [1.54, 1.807) is 36.4 Å². The number of aromatic nitrogens is 1. The zero-order valence-corrected chi connectivity index (χ0v) is 10.4. The van der Waals surface area contributed by atoms with E-state index in [-0.39, 0.29) is 17.9 Å². The van der Waals surface area contributed by atoms with Crippen molar-refractivity contribution in [2.75, 3.05) is 0 Å². The smallest absolute Gasteiger partial charge is 0.354 e. The van der Waals surface area contributed by atoms with E-state index in [2.05, 4.69) is 4.98 Å². The molecule has 0 aliphatic carbocycles. The molecule has 0 spiro atoms. The van der Waals surface area contributed by atoms with Crippen LogP contribution in [0.4, 0.5) is 0 Å². The van der Waals surface area contributed by atoms with Crippen molar-refractivity contribution >= 4 is 11.8 Å². The van der Waals surface area contributed by atoms with Crippen LogP contribution in [-0.2, 0) is 0 Å². The Labute approximate surface area is 114 Å². The molecule has 1 aliphatic rings. The Morgan fingerprint density at radius 3 is 2.80 bits per heavy atom. The molecule has 1 unspecified atom stereocenters. The first-order valence-electron chi connectivity index (χ1n) is 6.14. The Morgan fingerprint density at radius 1 is 1.20 bits per heavy atom. The topological polar surface area (TPSA) is 76.5 Å². The molecule has 1 atom stereocenters. The van der Waals surface area contributed by atoms with Crippen molar-refractivity contribution in [1.29, 1.82) is 0 Å². The van der Waals surface area contributed by atoms with Gasteiger partial charge in [-0.15, -0.1) is 0 Å². The van der Waals surface area contributed by atoms with Crippen molar-refractivity contribution in [1.82, 2.24) is 4.98 Å². The number of benzene rings is 1. The highest BCUT2D eigenvalue weighted by Gasteiger charge is 2.28. The molecule has 0 bridgehead atoms. The fourth-order valence-corrected chi connectivity index (χ4v) is 2.19. The summed E-state index contributed by atoms with van der Waals surface area (Å²) in [6.07, 6.45) is -0.385. The molecule has 0 saturated heterocycles. The third-order valence-corrected chi connectivity index (χ3v) is 3.15. The molecule has 5 nitrogen and oxygen atoms in total. The lowest BCUT2D eigenvalue weighted by molar-refractivity contribution is 0.0689. The Morgan fingerprint density at radius 2 is 2.00 bits per heavy atom. The van der Waals surface area contributed by atoms with Gasteiger partial charge in [-0.25, -0.2) is 9.78 Å². The standard InChI is InChI=1S/C15H11NO4/c17-12-8-14(20-13-7-2-1-4-9(12)13)10-5-3-6-11(16-10)15(18)19/h1-7,14H,8H2,(H,18,19). The molecule has 0 saturated carbocycles. The van der Waals surface area contributed by atoms with Crippen molar-refractivity contribution in [2.24, 2.45) is 0 Å². The Kier molecular flexibility index (Phi) is 2.95. The minimum atomic E-state index is -1.10. The van der Waals surface area contributed by atoms with Crippen LogP contribution in [0.1, 0.15) is 39.1 Å². The summed E-state index contributed by atoms with van der Waals surface area (Å²) in [6.45, 7) is 0. The average molecular weight is 269 g/mol. The van der Waals surface area contributed by atoms with E-state index in [0.29, 0.717) is 17.0 Å². The van der Waals surface area contributed by atoms with Crippen molar-refractivity contribution in [3.63, 3.8) is 0 Å². The van der Waals surface area contributed by atoms with E-state index in [1.165, 1.54) is 6.07 Å². The highest BCUT2D eigenvalue weighted by Crippen LogP contribution is 2.33. The van der Waals surface area contributed by atoms with Crippen molar-refractivity contribution in [3.05, 3.63) is 59.4 Å². The number of carbonyl (C=O) groups excluding carboxylic acids is 1. The number of hydrogen-bond donors (Lipinski definition) is 1. The molecule has 1 aromatic carbocycles. The second-order valence-electron chi connectivity index (χ2n) is 4.48. The third-order valence-electron chi connectivity index (χ3n) is 3.15. The van der Waals surface area contributed by atoms with Gasteiger partial charge in [0.05, 0.1) is 17.7 Å². The van der Waals surface area contributed by atoms with Gasteiger partial charge >= 0.3 is 5.97 Å². The predicted octanol–water partition coefficient (Wildman–Crippen LogP) is 2.49. The first kappa shape index (κ1) is 12.3. The van der Waals surface area contributed by atoms with Gasteiger partial charge in [0, 0.05) is 0 Å². The number of ketones is 1. The average Bonchev–Trinajstić information content (AvgIpc) is 2.47. The third kappa shape index (κ3) is 2.14. The fraction of sp³-hybridized carbons (Fsp3) is 0.133. The van der Waals surface area contributed by atoms with Crippen LogP contribution in [0.5, 0.6) is 5.75 Å². The van der Waals surface area contributed by atoms with E-state index in [9.17, 15) is 9.59 Å². The molecule has 1 aromatic heterocycles. The number of rotatable bonds is 2. The fourth-order valence-electron chi connectivity index (χ4n) is 2.19. The van der Waals surface area contributed by atoms with Gasteiger partial charge in [0.1, 0.15) is 17.5 Å². The van der Waals surface area contributed by atoms with Gasteiger partial charge in [-0.2, -0.15) is 0 Å². The number of carboxylic acids is 1. The minimum Gasteiger partial charge on any atom is -0.483 e. The van der Waals surface area contributed by atoms with E-state index in [1.807, 2.05) is 0 Å². The number of nitrogens with zero attached hydrogens (tertiary/aromatic N) is 1. The van der Waals surface area contributed by atoms with Gasteiger partial charge in [-0.05, 0) is 24.3 Å². The molecule has 0 radical (unpaired) electrons. The summed E-state index contributed by atoms with van der Waals surface area (Å²) >= 11 is 0. The van der Waals surface area contributed by atoms with Crippen molar-refractivity contribution in [2.45, 2.75) is 12.5 Å². The van der Waals surface area contributed by atoms with E-state index in [4.69, 9.17) is 9.84 Å². The van der Waals surface area contributed by atoms with Crippen molar-refractivity contribution in [3.8, 4) is 5.75 Å². The van der Waals surface area contributed by atoms with E-state index >= 15 is 0 Å². The van der Waals surface area contributed by atoms with Crippen LogP contribution >= 0.6 is 0 Å².